The van der Waals surface area contributed by atoms with Crippen LogP contribution >= 0.6 is 0 Å². The molecule has 90 valence electrons. The van der Waals surface area contributed by atoms with Gasteiger partial charge in [0, 0.05) is 12.6 Å². The van der Waals surface area contributed by atoms with Gasteiger partial charge in [-0.05, 0) is 55.9 Å². The molecule has 0 amide bonds. The van der Waals surface area contributed by atoms with Crippen molar-refractivity contribution in [3.63, 3.8) is 0 Å². The predicted molar refractivity (Wildman–Crippen MR) is 69.9 cm³/mol. The third-order valence-corrected chi connectivity index (χ3v) is 3.87. The lowest BCUT2D eigenvalue weighted by Crippen LogP contribution is -2.27. The predicted octanol–water partition coefficient (Wildman–Crippen LogP) is 2.39. The first-order valence-electron chi connectivity index (χ1n) is 6.33. The Morgan fingerprint density at radius 3 is 2.76 bits per heavy atom. The second-order valence-corrected chi connectivity index (χ2v) is 5.32. The molecule has 0 unspecified atom stereocenters. The van der Waals surface area contributed by atoms with E-state index in [1.54, 1.807) is 0 Å². The van der Waals surface area contributed by atoms with E-state index >= 15 is 0 Å². The minimum atomic E-state index is 0.286. The Kier molecular flexibility index (Phi) is 2.44. The van der Waals surface area contributed by atoms with Gasteiger partial charge in [0.25, 0.3) is 0 Å². The zero-order valence-electron chi connectivity index (χ0n) is 10.5. The van der Waals surface area contributed by atoms with E-state index in [1.165, 1.54) is 29.5 Å². The third-order valence-electron chi connectivity index (χ3n) is 3.87. The molecule has 1 heterocycles. The second-order valence-electron chi connectivity index (χ2n) is 5.32. The van der Waals surface area contributed by atoms with Gasteiger partial charge in [0.2, 0.25) is 0 Å². The standard InChI is InChI=1S/C14H19N3/c1-9-5-13-14(6-10(9)2)17(8-16-13)7-12(15)11-3-4-11/h5-6,8,11-12H,3-4,7,15H2,1-2H3/t12-/m0/s1. The number of fused-ring (bicyclic) bond motifs is 1. The van der Waals surface area contributed by atoms with Crippen molar-refractivity contribution in [3.8, 4) is 0 Å². The average molecular weight is 229 g/mol. The largest absolute Gasteiger partial charge is 0.329 e. The van der Waals surface area contributed by atoms with Crippen LogP contribution in [0.2, 0.25) is 0 Å². The van der Waals surface area contributed by atoms with Crippen LogP contribution in [0.25, 0.3) is 11.0 Å². The highest BCUT2D eigenvalue weighted by Crippen LogP contribution is 2.32. The van der Waals surface area contributed by atoms with E-state index in [-0.39, 0.29) is 6.04 Å². The molecule has 0 spiro atoms. The van der Waals surface area contributed by atoms with Gasteiger partial charge < -0.3 is 10.3 Å². The summed E-state index contributed by atoms with van der Waals surface area (Å²) in [4.78, 5) is 4.46. The molecule has 1 aliphatic carbocycles. The maximum Gasteiger partial charge on any atom is 0.0958 e. The number of aromatic nitrogens is 2. The van der Waals surface area contributed by atoms with E-state index < -0.39 is 0 Å². The van der Waals surface area contributed by atoms with Gasteiger partial charge in [0.1, 0.15) is 0 Å². The fraction of sp³-hybridized carbons (Fsp3) is 0.500. The Labute approximate surface area is 102 Å². The van der Waals surface area contributed by atoms with Gasteiger partial charge in [-0.15, -0.1) is 0 Å². The number of rotatable bonds is 3. The molecule has 0 radical (unpaired) electrons. The van der Waals surface area contributed by atoms with Crippen molar-refractivity contribution >= 4 is 11.0 Å². The van der Waals surface area contributed by atoms with Crippen molar-refractivity contribution in [2.75, 3.05) is 0 Å². The summed E-state index contributed by atoms with van der Waals surface area (Å²) in [6.45, 7) is 5.17. The van der Waals surface area contributed by atoms with E-state index in [0.29, 0.717) is 0 Å². The van der Waals surface area contributed by atoms with Crippen molar-refractivity contribution < 1.29 is 0 Å². The molecule has 1 atom stereocenters. The Morgan fingerprint density at radius 1 is 1.35 bits per heavy atom. The molecule has 0 bridgehead atoms. The molecular formula is C14H19N3. The lowest BCUT2D eigenvalue weighted by atomic mass is 10.1. The Bertz CT molecular complexity index is 552. The summed E-state index contributed by atoms with van der Waals surface area (Å²) in [5.41, 5.74) is 11.1. The topological polar surface area (TPSA) is 43.8 Å². The molecule has 0 saturated heterocycles. The van der Waals surface area contributed by atoms with Gasteiger partial charge in [0.15, 0.2) is 0 Å². The Morgan fingerprint density at radius 2 is 2.06 bits per heavy atom. The number of imidazole rings is 1. The summed E-state index contributed by atoms with van der Waals surface area (Å²) >= 11 is 0. The molecular weight excluding hydrogens is 210 g/mol. The van der Waals surface area contributed by atoms with E-state index in [1.807, 2.05) is 6.33 Å². The first-order chi connectivity index (χ1) is 8.15. The number of benzene rings is 1. The lowest BCUT2D eigenvalue weighted by Gasteiger charge is -2.12. The summed E-state index contributed by atoms with van der Waals surface area (Å²) in [5, 5.41) is 0. The van der Waals surface area contributed by atoms with Gasteiger partial charge in [-0.2, -0.15) is 0 Å². The monoisotopic (exact) mass is 229 g/mol. The van der Waals surface area contributed by atoms with Crippen LogP contribution in [0.3, 0.4) is 0 Å². The molecule has 3 rings (SSSR count). The molecule has 17 heavy (non-hydrogen) atoms. The van der Waals surface area contributed by atoms with E-state index in [9.17, 15) is 0 Å². The number of aryl methyl sites for hydroxylation is 2. The minimum Gasteiger partial charge on any atom is -0.329 e. The normalized spacial score (nSPS) is 17.6. The number of hydrogen-bond donors (Lipinski definition) is 1. The summed E-state index contributed by atoms with van der Waals surface area (Å²) in [6, 6.07) is 4.66. The molecule has 0 aliphatic heterocycles. The van der Waals surface area contributed by atoms with Crippen molar-refractivity contribution in [2.45, 2.75) is 39.3 Å². The van der Waals surface area contributed by atoms with E-state index in [4.69, 9.17) is 5.73 Å². The number of nitrogens with two attached hydrogens (primary N) is 1. The maximum atomic E-state index is 6.18. The highest BCUT2D eigenvalue weighted by atomic mass is 15.1. The van der Waals surface area contributed by atoms with Gasteiger partial charge in [0.05, 0.1) is 17.4 Å². The molecule has 1 fully saturated rings. The van der Waals surface area contributed by atoms with Crippen LogP contribution in [0, 0.1) is 19.8 Å². The van der Waals surface area contributed by atoms with Crippen LogP contribution in [-0.4, -0.2) is 15.6 Å². The first kappa shape index (κ1) is 10.8. The van der Waals surface area contributed by atoms with Crippen molar-refractivity contribution in [3.05, 3.63) is 29.6 Å². The second kappa shape index (κ2) is 3.84. The molecule has 3 heteroatoms. The lowest BCUT2D eigenvalue weighted by molar-refractivity contribution is 0.510. The molecule has 1 aliphatic rings. The summed E-state index contributed by atoms with van der Waals surface area (Å²) in [5.74, 6) is 0.735. The van der Waals surface area contributed by atoms with Gasteiger partial charge >= 0.3 is 0 Å². The number of hydrogen-bond acceptors (Lipinski definition) is 2. The summed E-state index contributed by atoms with van der Waals surface area (Å²) in [6.07, 6.45) is 4.52. The third kappa shape index (κ3) is 1.95. The zero-order chi connectivity index (χ0) is 12.0. The first-order valence-corrected chi connectivity index (χ1v) is 6.33. The van der Waals surface area contributed by atoms with Crippen LogP contribution in [0.15, 0.2) is 18.5 Å². The molecule has 2 aromatic rings. The van der Waals surface area contributed by atoms with Crippen molar-refractivity contribution in [1.82, 2.24) is 9.55 Å². The van der Waals surface area contributed by atoms with Crippen molar-refractivity contribution in [2.24, 2.45) is 11.7 Å². The smallest absolute Gasteiger partial charge is 0.0958 e. The summed E-state index contributed by atoms with van der Waals surface area (Å²) in [7, 11) is 0. The molecule has 3 nitrogen and oxygen atoms in total. The van der Waals surface area contributed by atoms with Crippen LogP contribution in [0.1, 0.15) is 24.0 Å². The quantitative estimate of drug-likeness (QED) is 0.878. The van der Waals surface area contributed by atoms with E-state index in [2.05, 4.69) is 35.5 Å². The van der Waals surface area contributed by atoms with Crippen LogP contribution in [0.5, 0.6) is 0 Å². The molecule has 1 aromatic carbocycles. The highest BCUT2D eigenvalue weighted by Gasteiger charge is 2.28. The zero-order valence-corrected chi connectivity index (χ0v) is 10.5. The molecule has 2 N–H and O–H groups in total. The summed E-state index contributed by atoms with van der Waals surface area (Å²) < 4.78 is 2.20. The van der Waals surface area contributed by atoms with Gasteiger partial charge in [-0.1, -0.05) is 0 Å². The highest BCUT2D eigenvalue weighted by molar-refractivity contribution is 5.77. The Hall–Kier alpha value is -1.35. The van der Waals surface area contributed by atoms with Crippen LogP contribution < -0.4 is 5.73 Å². The average Bonchev–Trinajstić information content (AvgIpc) is 3.07. The van der Waals surface area contributed by atoms with Gasteiger partial charge in [-0.25, -0.2) is 4.98 Å². The maximum absolute atomic E-state index is 6.18. The molecule has 1 aromatic heterocycles. The molecule has 1 saturated carbocycles. The minimum absolute atomic E-state index is 0.286. The van der Waals surface area contributed by atoms with Crippen LogP contribution in [0.4, 0.5) is 0 Å². The fourth-order valence-corrected chi connectivity index (χ4v) is 2.36. The van der Waals surface area contributed by atoms with Crippen LogP contribution in [-0.2, 0) is 6.54 Å². The van der Waals surface area contributed by atoms with E-state index in [0.717, 1.165) is 18.0 Å². The number of nitrogens with zero attached hydrogens (tertiary/aromatic N) is 2. The van der Waals surface area contributed by atoms with Crippen molar-refractivity contribution in [1.29, 1.82) is 0 Å². The fourth-order valence-electron chi connectivity index (χ4n) is 2.36. The Balaban J connectivity index is 1.96. The SMILES string of the molecule is Cc1cc2ncn(C[C@H](N)C3CC3)c2cc1C. The van der Waals surface area contributed by atoms with Gasteiger partial charge in [-0.3, -0.25) is 0 Å².